The molecule has 0 atom stereocenters. The molecule has 1 aromatic heterocycles. The van der Waals surface area contributed by atoms with Crippen LogP contribution in [-0.4, -0.2) is 33.6 Å². The SMILES string of the molecule is O=C(NCCn1ccnn1)NC1CCCC1. The molecule has 0 radical (unpaired) electrons. The summed E-state index contributed by atoms with van der Waals surface area (Å²) in [5.41, 5.74) is 0. The minimum Gasteiger partial charge on any atom is -0.336 e. The van der Waals surface area contributed by atoms with Gasteiger partial charge in [-0.05, 0) is 12.8 Å². The zero-order valence-corrected chi connectivity index (χ0v) is 9.22. The Kier molecular flexibility index (Phi) is 3.74. The molecule has 0 spiro atoms. The van der Waals surface area contributed by atoms with E-state index in [0.717, 1.165) is 12.8 Å². The first-order valence-corrected chi connectivity index (χ1v) is 5.73. The summed E-state index contributed by atoms with van der Waals surface area (Å²) >= 11 is 0. The molecule has 0 bridgehead atoms. The fraction of sp³-hybridized carbons (Fsp3) is 0.700. The first kappa shape index (κ1) is 10.9. The second-order valence-electron chi connectivity index (χ2n) is 4.05. The van der Waals surface area contributed by atoms with E-state index in [4.69, 9.17) is 0 Å². The summed E-state index contributed by atoms with van der Waals surface area (Å²) < 4.78 is 1.69. The van der Waals surface area contributed by atoms with Crippen LogP contribution in [0.25, 0.3) is 0 Å². The van der Waals surface area contributed by atoms with Crippen molar-refractivity contribution in [2.24, 2.45) is 0 Å². The lowest BCUT2D eigenvalue weighted by molar-refractivity contribution is 0.236. The smallest absolute Gasteiger partial charge is 0.315 e. The number of urea groups is 1. The molecule has 2 amide bonds. The van der Waals surface area contributed by atoms with Gasteiger partial charge in [0.15, 0.2) is 0 Å². The Labute approximate surface area is 94.4 Å². The maximum atomic E-state index is 11.5. The molecule has 1 saturated carbocycles. The molecule has 2 N–H and O–H groups in total. The van der Waals surface area contributed by atoms with Crippen molar-refractivity contribution in [2.45, 2.75) is 38.3 Å². The highest BCUT2D eigenvalue weighted by molar-refractivity contribution is 5.74. The average molecular weight is 223 g/mol. The molecule has 6 heteroatoms. The average Bonchev–Trinajstić information content (AvgIpc) is 2.90. The summed E-state index contributed by atoms with van der Waals surface area (Å²) in [4.78, 5) is 11.5. The van der Waals surface area contributed by atoms with Gasteiger partial charge >= 0.3 is 6.03 Å². The van der Waals surface area contributed by atoms with Crippen LogP contribution in [0.15, 0.2) is 12.4 Å². The quantitative estimate of drug-likeness (QED) is 0.781. The molecule has 0 aliphatic heterocycles. The first-order valence-electron chi connectivity index (χ1n) is 5.73. The van der Waals surface area contributed by atoms with Crippen LogP contribution in [0.4, 0.5) is 4.79 Å². The second-order valence-corrected chi connectivity index (χ2v) is 4.05. The Hall–Kier alpha value is -1.59. The largest absolute Gasteiger partial charge is 0.336 e. The maximum absolute atomic E-state index is 11.5. The van der Waals surface area contributed by atoms with Gasteiger partial charge in [0.1, 0.15) is 0 Å². The Bertz CT molecular complexity index is 318. The number of hydrogen-bond acceptors (Lipinski definition) is 3. The van der Waals surface area contributed by atoms with Crippen LogP contribution in [0.3, 0.4) is 0 Å². The molecule has 16 heavy (non-hydrogen) atoms. The maximum Gasteiger partial charge on any atom is 0.315 e. The van der Waals surface area contributed by atoms with Crippen LogP contribution in [0.5, 0.6) is 0 Å². The molecule has 0 aromatic carbocycles. The van der Waals surface area contributed by atoms with Gasteiger partial charge in [-0.2, -0.15) is 0 Å². The van der Waals surface area contributed by atoms with Crippen LogP contribution >= 0.6 is 0 Å². The monoisotopic (exact) mass is 223 g/mol. The number of nitrogens with one attached hydrogen (secondary N) is 2. The van der Waals surface area contributed by atoms with Gasteiger partial charge < -0.3 is 10.6 Å². The molecule has 0 unspecified atom stereocenters. The van der Waals surface area contributed by atoms with Gasteiger partial charge in [-0.15, -0.1) is 5.10 Å². The van der Waals surface area contributed by atoms with Gasteiger partial charge in [0.2, 0.25) is 0 Å². The van der Waals surface area contributed by atoms with Crippen LogP contribution in [0.1, 0.15) is 25.7 Å². The topological polar surface area (TPSA) is 71.8 Å². The number of hydrogen-bond donors (Lipinski definition) is 2. The predicted octanol–water partition coefficient (Wildman–Crippen LogP) is 0.520. The molecule has 1 aliphatic carbocycles. The molecule has 0 saturated heterocycles. The second kappa shape index (κ2) is 5.48. The van der Waals surface area contributed by atoms with E-state index in [9.17, 15) is 4.79 Å². The van der Waals surface area contributed by atoms with Crippen molar-refractivity contribution in [3.05, 3.63) is 12.4 Å². The van der Waals surface area contributed by atoms with E-state index in [1.54, 1.807) is 17.1 Å². The summed E-state index contributed by atoms with van der Waals surface area (Å²) in [6.07, 6.45) is 8.07. The lowest BCUT2D eigenvalue weighted by Crippen LogP contribution is -2.41. The van der Waals surface area contributed by atoms with Gasteiger partial charge in [0, 0.05) is 18.8 Å². The Morgan fingerprint density at radius 2 is 2.25 bits per heavy atom. The number of carbonyl (C=O) groups is 1. The van der Waals surface area contributed by atoms with Gasteiger partial charge in [0.05, 0.1) is 12.7 Å². The third kappa shape index (κ3) is 3.22. The number of amides is 2. The Morgan fingerprint density at radius 1 is 1.44 bits per heavy atom. The molecule has 1 aliphatic rings. The molecular formula is C10H17N5O. The van der Waals surface area contributed by atoms with E-state index < -0.39 is 0 Å². The zero-order chi connectivity index (χ0) is 11.2. The molecule has 88 valence electrons. The van der Waals surface area contributed by atoms with Crippen molar-refractivity contribution < 1.29 is 4.79 Å². The van der Waals surface area contributed by atoms with E-state index >= 15 is 0 Å². The van der Waals surface area contributed by atoms with Crippen LogP contribution in [0, 0.1) is 0 Å². The number of rotatable bonds is 4. The van der Waals surface area contributed by atoms with Crippen LogP contribution in [0.2, 0.25) is 0 Å². The van der Waals surface area contributed by atoms with E-state index in [-0.39, 0.29) is 6.03 Å². The summed E-state index contributed by atoms with van der Waals surface area (Å²) in [7, 11) is 0. The highest BCUT2D eigenvalue weighted by atomic mass is 16.2. The van der Waals surface area contributed by atoms with Crippen molar-refractivity contribution >= 4 is 6.03 Å². The first-order chi connectivity index (χ1) is 7.84. The summed E-state index contributed by atoms with van der Waals surface area (Å²) in [5.74, 6) is 0. The van der Waals surface area contributed by atoms with Crippen molar-refractivity contribution in [3.8, 4) is 0 Å². The fourth-order valence-corrected chi connectivity index (χ4v) is 1.94. The van der Waals surface area contributed by atoms with E-state index in [1.807, 2.05) is 0 Å². The van der Waals surface area contributed by atoms with E-state index in [0.29, 0.717) is 19.1 Å². The molecule has 1 fully saturated rings. The van der Waals surface area contributed by atoms with Gasteiger partial charge in [-0.1, -0.05) is 18.1 Å². The van der Waals surface area contributed by atoms with Gasteiger partial charge in [-0.3, -0.25) is 4.68 Å². The van der Waals surface area contributed by atoms with Crippen molar-refractivity contribution in [1.29, 1.82) is 0 Å². The van der Waals surface area contributed by atoms with Gasteiger partial charge in [0.25, 0.3) is 0 Å². The van der Waals surface area contributed by atoms with Gasteiger partial charge in [-0.25, -0.2) is 4.79 Å². The lowest BCUT2D eigenvalue weighted by Gasteiger charge is -2.12. The third-order valence-corrected chi connectivity index (χ3v) is 2.79. The molecule has 6 nitrogen and oxygen atoms in total. The normalized spacial score (nSPS) is 16.2. The van der Waals surface area contributed by atoms with Crippen LogP contribution in [-0.2, 0) is 6.54 Å². The number of nitrogens with zero attached hydrogens (tertiary/aromatic N) is 3. The Balaban J connectivity index is 1.60. The van der Waals surface area contributed by atoms with Crippen LogP contribution < -0.4 is 10.6 Å². The standard InChI is InChI=1S/C10H17N5O/c16-10(13-9-3-1-2-4-9)11-5-7-15-8-6-12-14-15/h6,8-9H,1-5,7H2,(H2,11,13,16). The van der Waals surface area contributed by atoms with Crippen molar-refractivity contribution in [3.63, 3.8) is 0 Å². The lowest BCUT2D eigenvalue weighted by atomic mass is 10.2. The van der Waals surface area contributed by atoms with Crippen molar-refractivity contribution in [1.82, 2.24) is 25.6 Å². The molecule has 2 rings (SSSR count). The van der Waals surface area contributed by atoms with Crippen molar-refractivity contribution in [2.75, 3.05) is 6.54 Å². The molecule has 1 aromatic rings. The number of aromatic nitrogens is 3. The summed E-state index contributed by atoms with van der Waals surface area (Å²) in [5, 5.41) is 13.3. The predicted molar refractivity (Wildman–Crippen MR) is 58.8 cm³/mol. The Morgan fingerprint density at radius 3 is 2.94 bits per heavy atom. The third-order valence-electron chi connectivity index (χ3n) is 2.79. The van der Waals surface area contributed by atoms with E-state index in [2.05, 4.69) is 20.9 Å². The minimum atomic E-state index is -0.0768. The summed E-state index contributed by atoms with van der Waals surface area (Å²) in [6, 6.07) is 0.290. The zero-order valence-electron chi connectivity index (χ0n) is 9.22. The highest BCUT2D eigenvalue weighted by Gasteiger charge is 2.16. The minimum absolute atomic E-state index is 0.0768. The molecule has 1 heterocycles. The fourth-order valence-electron chi connectivity index (χ4n) is 1.94. The highest BCUT2D eigenvalue weighted by Crippen LogP contribution is 2.17. The number of carbonyl (C=O) groups excluding carboxylic acids is 1. The van der Waals surface area contributed by atoms with E-state index in [1.165, 1.54) is 12.8 Å². The molecular weight excluding hydrogens is 206 g/mol. The summed E-state index contributed by atoms with van der Waals surface area (Å²) in [6.45, 7) is 1.22.